The van der Waals surface area contributed by atoms with Gasteiger partial charge in [0.25, 0.3) is 0 Å². The molecule has 6 heavy (non-hydrogen) atoms. The molecule has 0 amide bonds. The first-order valence-electron chi connectivity index (χ1n) is 0.707. The van der Waals surface area contributed by atoms with E-state index < -0.39 is 35.4 Å². The molecule has 0 aliphatic carbocycles. The molecule has 0 unspecified atom stereocenters. The molecule has 0 aromatic heterocycles. The summed E-state index contributed by atoms with van der Waals surface area (Å²) in [5.41, 5.74) is 0. The van der Waals surface area contributed by atoms with Gasteiger partial charge in [-0.15, -0.1) is 0 Å². The Balaban J connectivity index is -0.0000000450. The Morgan fingerprint density at radius 2 is 1.00 bits per heavy atom. The van der Waals surface area contributed by atoms with Crippen LogP contribution in [0.5, 0.6) is 0 Å². The zero-order valence-electron chi connectivity index (χ0n) is 2.18. The summed E-state index contributed by atoms with van der Waals surface area (Å²) in [5, 5.41) is 0. The average molecular weight is 286 g/mol. The van der Waals surface area contributed by atoms with Gasteiger partial charge in [-0.05, 0) is 0 Å². The molecule has 32 valence electrons. The average Bonchev–Trinajstić information content (AvgIpc) is 0.811. The van der Waals surface area contributed by atoms with Crippen LogP contribution in [-0.4, -0.2) is 37.7 Å². The van der Waals surface area contributed by atoms with Crippen LogP contribution in [0.1, 0.15) is 0 Å². The SMILES string of the molecule is [CaH2].[Mn].[O]=[Pr](=[O])=[O]. The molecule has 1 radical (unpaired) electrons. The van der Waals surface area contributed by atoms with Crippen molar-refractivity contribution in [3.05, 3.63) is 0 Å². The third kappa shape index (κ3) is 31.1. The third-order valence-electron chi connectivity index (χ3n) is 0. The molecule has 6 heteroatoms. The molecule has 0 N–H and O–H groups in total. The van der Waals surface area contributed by atoms with E-state index in [9.17, 15) is 0 Å². The molecular formula is H2CaMnO3Pr. The van der Waals surface area contributed by atoms with E-state index in [1.54, 1.807) is 0 Å². The van der Waals surface area contributed by atoms with Crippen molar-refractivity contribution in [2.24, 2.45) is 0 Å². The van der Waals surface area contributed by atoms with Crippen molar-refractivity contribution in [3.63, 3.8) is 0 Å². The van der Waals surface area contributed by atoms with Gasteiger partial charge in [0.1, 0.15) is 0 Å². The summed E-state index contributed by atoms with van der Waals surface area (Å²) in [7, 11) is 0. The molecule has 0 aromatic rings. The van der Waals surface area contributed by atoms with Gasteiger partial charge in [0.05, 0.1) is 0 Å². The maximum absolute atomic E-state index is 8.64. The van der Waals surface area contributed by atoms with Gasteiger partial charge in [0.2, 0.25) is 0 Å². The van der Waals surface area contributed by atoms with Crippen molar-refractivity contribution in [1.29, 1.82) is 0 Å². The van der Waals surface area contributed by atoms with Crippen molar-refractivity contribution in [2.45, 2.75) is 0 Å². The summed E-state index contributed by atoms with van der Waals surface area (Å²) < 4.78 is 25.9. The van der Waals surface area contributed by atoms with Gasteiger partial charge in [0, 0.05) is 17.1 Å². The predicted molar refractivity (Wildman–Crippen MR) is 10.6 cm³/mol. The van der Waals surface area contributed by atoms with Crippen molar-refractivity contribution in [2.75, 3.05) is 0 Å². The second kappa shape index (κ2) is 10.5. The number of hydrogen-bond donors (Lipinski definition) is 0. The van der Waals surface area contributed by atoms with Crippen LogP contribution in [0.3, 0.4) is 0 Å². The van der Waals surface area contributed by atoms with Crippen molar-refractivity contribution in [1.82, 2.24) is 0 Å². The van der Waals surface area contributed by atoms with Gasteiger partial charge in [0.15, 0.2) is 0 Å². The minimum atomic E-state index is -4.47. The summed E-state index contributed by atoms with van der Waals surface area (Å²) in [6, 6.07) is 0. The topological polar surface area (TPSA) is 51.2 Å². The molecular weight excluding hydrogens is 284 g/mol. The first-order valence-corrected chi connectivity index (χ1v) is 5.24. The summed E-state index contributed by atoms with van der Waals surface area (Å²) in [5.74, 6) is 0. The van der Waals surface area contributed by atoms with E-state index >= 15 is 0 Å². The van der Waals surface area contributed by atoms with Crippen LogP contribution in [0, 0.1) is 35.4 Å². The van der Waals surface area contributed by atoms with Crippen LogP contribution < -0.4 is 0 Å². The molecule has 0 bridgehead atoms. The van der Waals surface area contributed by atoms with Gasteiger partial charge in [-0.2, -0.15) is 0 Å². The van der Waals surface area contributed by atoms with E-state index in [4.69, 9.17) is 2.98 Å². The summed E-state index contributed by atoms with van der Waals surface area (Å²) in [4.78, 5) is 0. The van der Waals surface area contributed by atoms with Gasteiger partial charge in [-0.1, -0.05) is 0 Å². The Bertz CT molecular complexity index is 80.2. The quantitative estimate of drug-likeness (QED) is 0.521. The molecule has 0 rings (SSSR count). The van der Waals surface area contributed by atoms with Gasteiger partial charge in [-0.25, -0.2) is 0 Å². The fourth-order valence-electron chi connectivity index (χ4n) is 0. The van der Waals surface area contributed by atoms with Gasteiger partial charge < -0.3 is 0 Å². The van der Waals surface area contributed by atoms with Crippen LogP contribution >= 0.6 is 0 Å². The Morgan fingerprint density at radius 3 is 1.00 bits per heavy atom. The minimum absolute atomic E-state index is 0. The molecule has 0 spiro atoms. The van der Waals surface area contributed by atoms with Crippen LogP contribution in [0.15, 0.2) is 0 Å². The standard InChI is InChI=1S/Ca.Mn.3O.Pr.2H. The fourth-order valence-corrected chi connectivity index (χ4v) is 0. The molecule has 0 aliphatic heterocycles. The molecule has 0 saturated carbocycles. The molecule has 0 aliphatic rings. The van der Waals surface area contributed by atoms with Gasteiger partial charge >= 0.3 is 76.1 Å². The Morgan fingerprint density at radius 1 is 1.00 bits per heavy atom. The van der Waals surface area contributed by atoms with Crippen molar-refractivity contribution in [3.8, 4) is 0 Å². The first kappa shape index (κ1) is 15.8. The van der Waals surface area contributed by atoms with Gasteiger partial charge in [-0.3, -0.25) is 0 Å². The fraction of sp³-hybridized carbons (Fsp3) is 0. The molecule has 3 nitrogen and oxygen atoms in total. The Labute approximate surface area is 90.7 Å². The third-order valence-corrected chi connectivity index (χ3v) is 0. The summed E-state index contributed by atoms with van der Waals surface area (Å²) in [6.07, 6.45) is 0. The molecule has 0 saturated heterocycles. The normalized spacial score (nSPS) is 2.50. The van der Waals surface area contributed by atoms with Crippen molar-refractivity contribution < 1.29 is 55.5 Å². The van der Waals surface area contributed by atoms with E-state index in [0.29, 0.717) is 0 Å². The van der Waals surface area contributed by atoms with E-state index in [1.807, 2.05) is 0 Å². The van der Waals surface area contributed by atoms with E-state index in [-0.39, 0.29) is 54.8 Å². The Hall–Kier alpha value is 2.54. The molecule has 0 heterocycles. The zero-order chi connectivity index (χ0) is 3.58. The molecule has 0 fully saturated rings. The van der Waals surface area contributed by atoms with E-state index in [0.717, 1.165) is 0 Å². The van der Waals surface area contributed by atoms with Crippen LogP contribution in [0.2, 0.25) is 0 Å². The monoisotopic (exact) mass is 286 g/mol. The second-order valence-electron chi connectivity index (χ2n) is 0.289. The number of rotatable bonds is 0. The van der Waals surface area contributed by atoms with E-state index in [1.165, 1.54) is 0 Å². The van der Waals surface area contributed by atoms with Crippen LogP contribution in [0.25, 0.3) is 0 Å². The van der Waals surface area contributed by atoms with E-state index in [2.05, 4.69) is 0 Å². The van der Waals surface area contributed by atoms with Crippen LogP contribution in [-0.2, 0) is 20.1 Å². The summed E-state index contributed by atoms with van der Waals surface area (Å²) >= 11 is -4.47. The zero-order valence-corrected chi connectivity index (χ0v) is 7.06. The van der Waals surface area contributed by atoms with Crippen LogP contribution in [0.4, 0.5) is 0 Å². The second-order valence-corrected chi connectivity index (χ2v) is 2.14. The first-order chi connectivity index (χ1) is 1.73. The predicted octanol–water partition coefficient (Wildman–Crippen LogP) is -1.28. The molecule has 0 atom stereocenters. The molecule has 0 aromatic carbocycles. The Kier molecular flexibility index (Phi) is 27.7. The number of hydrogen-bond acceptors (Lipinski definition) is 3. The maximum atomic E-state index is 8.64. The summed E-state index contributed by atoms with van der Waals surface area (Å²) in [6.45, 7) is 0. The van der Waals surface area contributed by atoms with Crippen molar-refractivity contribution >= 4 is 37.7 Å².